The highest BCUT2D eigenvalue weighted by molar-refractivity contribution is 9.09. The van der Waals surface area contributed by atoms with Gasteiger partial charge in [0.05, 0.1) is 12.1 Å². The van der Waals surface area contributed by atoms with Crippen molar-refractivity contribution in [2.45, 2.75) is 18.8 Å². The molecule has 1 rings (SSSR count). The van der Waals surface area contributed by atoms with E-state index in [4.69, 9.17) is 10.5 Å². The van der Waals surface area contributed by atoms with Crippen molar-refractivity contribution in [1.82, 2.24) is 0 Å². The van der Waals surface area contributed by atoms with Gasteiger partial charge in [0, 0.05) is 5.56 Å². The first kappa shape index (κ1) is 10.5. The summed E-state index contributed by atoms with van der Waals surface area (Å²) < 4.78 is 5.28. The first-order chi connectivity index (χ1) is 6.06. The van der Waals surface area contributed by atoms with E-state index < -0.39 is 0 Å². The molecular formula is C10H14BrNO. The molecule has 0 heterocycles. The Hall–Kier alpha value is -0.540. The molecule has 2 nitrogen and oxygen atoms in total. The van der Waals surface area contributed by atoms with Gasteiger partial charge < -0.3 is 10.5 Å². The van der Waals surface area contributed by atoms with Crippen LogP contribution in [0, 0.1) is 13.8 Å². The van der Waals surface area contributed by atoms with Gasteiger partial charge in [-0.05, 0) is 25.5 Å². The number of benzene rings is 1. The number of rotatable bonds is 2. The van der Waals surface area contributed by atoms with Crippen LogP contribution < -0.4 is 10.5 Å². The van der Waals surface area contributed by atoms with Gasteiger partial charge in [-0.15, -0.1) is 0 Å². The van der Waals surface area contributed by atoms with E-state index >= 15 is 0 Å². The van der Waals surface area contributed by atoms with Crippen LogP contribution in [0.3, 0.4) is 0 Å². The first-order valence-electron chi connectivity index (χ1n) is 4.11. The molecule has 0 aromatic heterocycles. The molecule has 0 spiro atoms. The molecule has 2 N–H and O–H groups in total. The average Bonchev–Trinajstić information content (AvgIpc) is 2.02. The van der Waals surface area contributed by atoms with Crippen molar-refractivity contribution < 1.29 is 4.74 Å². The summed E-state index contributed by atoms with van der Waals surface area (Å²) >= 11 is 3.34. The number of halogens is 1. The van der Waals surface area contributed by atoms with Crippen LogP contribution in [-0.4, -0.2) is 7.11 Å². The van der Waals surface area contributed by atoms with Gasteiger partial charge in [-0.2, -0.15) is 0 Å². The molecule has 0 radical (unpaired) electrons. The van der Waals surface area contributed by atoms with Gasteiger partial charge in [0.1, 0.15) is 5.75 Å². The number of methoxy groups -OCH3 is 1. The fourth-order valence-electron chi connectivity index (χ4n) is 1.47. The van der Waals surface area contributed by atoms with Gasteiger partial charge in [-0.3, -0.25) is 0 Å². The summed E-state index contributed by atoms with van der Waals surface area (Å²) in [5.41, 5.74) is 9.08. The fourth-order valence-corrected chi connectivity index (χ4v) is 1.81. The Kier molecular flexibility index (Phi) is 3.33. The Morgan fingerprint density at radius 3 is 2.46 bits per heavy atom. The third-order valence-electron chi connectivity index (χ3n) is 1.95. The van der Waals surface area contributed by atoms with E-state index in [0.29, 0.717) is 0 Å². The van der Waals surface area contributed by atoms with E-state index in [2.05, 4.69) is 22.0 Å². The zero-order valence-electron chi connectivity index (χ0n) is 8.10. The molecule has 0 aliphatic carbocycles. The summed E-state index contributed by atoms with van der Waals surface area (Å²) in [5.74, 6) is 0.870. The highest BCUT2D eigenvalue weighted by Crippen LogP contribution is 2.31. The normalized spacial score (nSPS) is 12.7. The molecule has 1 aromatic rings. The van der Waals surface area contributed by atoms with Crippen molar-refractivity contribution in [3.05, 3.63) is 28.8 Å². The maximum Gasteiger partial charge on any atom is 0.127 e. The van der Waals surface area contributed by atoms with Crippen molar-refractivity contribution in [3.8, 4) is 5.75 Å². The van der Waals surface area contributed by atoms with Gasteiger partial charge in [-0.25, -0.2) is 0 Å². The maximum absolute atomic E-state index is 5.76. The summed E-state index contributed by atoms with van der Waals surface area (Å²) in [6.45, 7) is 4.07. The Labute approximate surface area is 87.2 Å². The number of alkyl halides is 1. The lowest BCUT2D eigenvalue weighted by Crippen LogP contribution is -2.05. The third kappa shape index (κ3) is 2.23. The molecule has 72 valence electrons. The summed E-state index contributed by atoms with van der Waals surface area (Å²) in [6.07, 6.45) is 0. The van der Waals surface area contributed by atoms with Crippen molar-refractivity contribution in [3.63, 3.8) is 0 Å². The average molecular weight is 244 g/mol. The van der Waals surface area contributed by atoms with Crippen LogP contribution in [0.25, 0.3) is 0 Å². The van der Waals surface area contributed by atoms with E-state index in [1.54, 1.807) is 7.11 Å². The molecule has 1 aromatic carbocycles. The Balaban J connectivity index is 3.29. The van der Waals surface area contributed by atoms with E-state index in [0.717, 1.165) is 16.9 Å². The van der Waals surface area contributed by atoms with Crippen molar-refractivity contribution >= 4 is 15.9 Å². The molecule has 0 fully saturated rings. The standard InChI is InChI=1S/C10H14BrNO/c1-6-4-7(2)9(13-3)8(5-6)10(11)12/h4-5,10H,12H2,1-3H3. The van der Waals surface area contributed by atoms with Crippen molar-refractivity contribution in [2.24, 2.45) is 5.73 Å². The number of ether oxygens (including phenoxy) is 1. The Morgan fingerprint density at radius 1 is 1.38 bits per heavy atom. The van der Waals surface area contributed by atoms with Crippen LogP contribution in [0.15, 0.2) is 12.1 Å². The second kappa shape index (κ2) is 4.11. The largest absolute Gasteiger partial charge is 0.496 e. The molecule has 0 aliphatic rings. The predicted molar refractivity (Wildman–Crippen MR) is 58.3 cm³/mol. The molecule has 1 atom stereocenters. The topological polar surface area (TPSA) is 35.2 Å². The van der Waals surface area contributed by atoms with Crippen LogP contribution in [0.1, 0.15) is 21.6 Å². The monoisotopic (exact) mass is 243 g/mol. The molecule has 13 heavy (non-hydrogen) atoms. The van der Waals surface area contributed by atoms with Gasteiger partial charge >= 0.3 is 0 Å². The molecule has 0 aliphatic heterocycles. The minimum atomic E-state index is -0.166. The number of nitrogens with two attached hydrogens (primary N) is 1. The third-order valence-corrected chi connectivity index (χ3v) is 2.44. The first-order valence-corrected chi connectivity index (χ1v) is 5.02. The highest BCUT2D eigenvalue weighted by atomic mass is 79.9. The molecule has 0 bridgehead atoms. The highest BCUT2D eigenvalue weighted by Gasteiger charge is 2.11. The lowest BCUT2D eigenvalue weighted by Gasteiger charge is -2.14. The summed E-state index contributed by atoms with van der Waals surface area (Å²) in [7, 11) is 1.66. The SMILES string of the molecule is COc1c(C)cc(C)cc1C(N)Br. The van der Waals surface area contributed by atoms with Gasteiger partial charge in [0.25, 0.3) is 0 Å². The van der Waals surface area contributed by atoms with Crippen LogP contribution >= 0.6 is 15.9 Å². The lowest BCUT2D eigenvalue weighted by molar-refractivity contribution is 0.406. The van der Waals surface area contributed by atoms with E-state index in [1.807, 2.05) is 19.9 Å². The minimum Gasteiger partial charge on any atom is -0.496 e. The van der Waals surface area contributed by atoms with Crippen LogP contribution in [-0.2, 0) is 0 Å². The number of hydrogen-bond donors (Lipinski definition) is 1. The second-order valence-corrected chi connectivity index (χ2v) is 4.09. The summed E-state index contributed by atoms with van der Waals surface area (Å²) in [6, 6.07) is 4.11. The number of hydrogen-bond acceptors (Lipinski definition) is 2. The minimum absolute atomic E-state index is 0.166. The van der Waals surface area contributed by atoms with E-state index in [-0.39, 0.29) is 4.95 Å². The molecule has 0 saturated carbocycles. The van der Waals surface area contributed by atoms with Crippen LogP contribution in [0.2, 0.25) is 0 Å². The quantitative estimate of drug-likeness (QED) is 0.641. The molecule has 1 unspecified atom stereocenters. The lowest BCUT2D eigenvalue weighted by atomic mass is 10.1. The molecule has 0 saturated heterocycles. The number of aryl methyl sites for hydroxylation is 2. The fraction of sp³-hybridized carbons (Fsp3) is 0.400. The summed E-state index contributed by atoms with van der Waals surface area (Å²) in [4.78, 5) is -0.166. The molecule has 3 heteroatoms. The van der Waals surface area contributed by atoms with Crippen molar-refractivity contribution in [2.75, 3.05) is 7.11 Å². The Morgan fingerprint density at radius 2 is 2.00 bits per heavy atom. The zero-order valence-corrected chi connectivity index (χ0v) is 9.68. The second-order valence-electron chi connectivity index (χ2n) is 3.11. The predicted octanol–water partition coefficient (Wildman–Crippen LogP) is 2.66. The van der Waals surface area contributed by atoms with Gasteiger partial charge in [0.2, 0.25) is 0 Å². The van der Waals surface area contributed by atoms with Crippen molar-refractivity contribution in [1.29, 1.82) is 0 Å². The molecule has 0 amide bonds. The van der Waals surface area contributed by atoms with Gasteiger partial charge in [-0.1, -0.05) is 27.6 Å². The van der Waals surface area contributed by atoms with Crippen LogP contribution in [0.4, 0.5) is 0 Å². The van der Waals surface area contributed by atoms with E-state index in [9.17, 15) is 0 Å². The smallest absolute Gasteiger partial charge is 0.127 e. The van der Waals surface area contributed by atoms with Gasteiger partial charge in [0.15, 0.2) is 0 Å². The molecular weight excluding hydrogens is 230 g/mol. The maximum atomic E-state index is 5.76. The zero-order chi connectivity index (χ0) is 10.0. The van der Waals surface area contributed by atoms with E-state index in [1.165, 1.54) is 5.56 Å². The Bertz CT molecular complexity index is 310. The summed E-state index contributed by atoms with van der Waals surface area (Å²) in [5, 5.41) is 0. The van der Waals surface area contributed by atoms with Crippen LogP contribution in [0.5, 0.6) is 5.75 Å².